The molecule has 142 valence electrons. The van der Waals surface area contributed by atoms with E-state index in [-0.39, 0.29) is 23.5 Å². The molecule has 2 bridgehead atoms. The van der Waals surface area contributed by atoms with Crippen LogP contribution >= 0.6 is 0 Å². The molecule has 2 aromatic rings. The Morgan fingerprint density at radius 1 is 1.52 bits per heavy atom. The van der Waals surface area contributed by atoms with Gasteiger partial charge in [0.1, 0.15) is 11.6 Å². The van der Waals surface area contributed by atoms with Gasteiger partial charge < -0.3 is 25.2 Å². The zero-order valence-corrected chi connectivity index (χ0v) is 15.1. The van der Waals surface area contributed by atoms with Crippen molar-refractivity contribution in [3.8, 4) is 0 Å². The molecule has 1 amide bonds. The number of carbonyl (C=O) groups is 1. The van der Waals surface area contributed by atoms with Gasteiger partial charge in [0.05, 0.1) is 18.2 Å². The molecule has 27 heavy (non-hydrogen) atoms. The molecule has 0 saturated carbocycles. The Morgan fingerprint density at radius 2 is 2.41 bits per heavy atom. The summed E-state index contributed by atoms with van der Waals surface area (Å²) < 4.78 is 11.4. The number of ether oxygens (including phenoxy) is 1. The van der Waals surface area contributed by atoms with Crippen LogP contribution in [0.2, 0.25) is 0 Å². The Hall–Kier alpha value is -2.68. The standard InChI is InChI=1S/C18H22N6O3/c1-10-6-13(23-27-10)16(25)21-7-11-12-8-24(17-20-5-3-15(19)22-17)9-18(12)4-2-14(11)26-18/h3,5-6,11-12,14H,2,4,7-9H2,1H3,(H,21,25)(H2,19,20,22)/t11?,12-,14?,18+/m0/s1. The van der Waals surface area contributed by atoms with Crippen LogP contribution in [-0.4, -0.2) is 52.4 Å². The first-order valence-electron chi connectivity index (χ1n) is 9.27. The second kappa shape index (κ2) is 5.91. The molecular formula is C18H22N6O3. The largest absolute Gasteiger partial charge is 0.384 e. The van der Waals surface area contributed by atoms with Crippen LogP contribution in [0.25, 0.3) is 0 Å². The summed E-state index contributed by atoms with van der Waals surface area (Å²) in [7, 11) is 0. The summed E-state index contributed by atoms with van der Waals surface area (Å²) in [6, 6.07) is 3.33. The number of amides is 1. The fourth-order valence-corrected chi connectivity index (χ4v) is 4.90. The third-order valence-electron chi connectivity index (χ3n) is 6.09. The average Bonchev–Trinajstić information content (AvgIpc) is 3.39. The molecule has 3 fully saturated rings. The van der Waals surface area contributed by atoms with E-state index in [2.05, 4.69) is 25.3 Å². The molecule has 3 aliphatic heterocycles. The molecule has 0 radical (unpaired) electrons. The van der Waals surface area contributed by atoms with E-state index in [9.17, 15) is 4.79 Å². The van der Waals surface area contributed by atoms with Crippen LogP contribution in [0.15, 0.2) is 22.9 Å². The minimum absolute atomic E-state index is 0.168. The lowest BCUT2D eigenvalue weighted by atomic mass is 9.73. The number of rotatable bonds is 4. The van der Waals surface area contributed by atoms with Crippen LogP contribution in [0.4, 0.5) is 11.8 Å². The number of anilines is 2. The van der Waals surface area contributed by atoms with Crippen LogP contribution in [0.5, 0.6) is 0 Å². The van der Waals surface area contributed by atoms with Crippen LogP contribution in [0, 0.1) is 18.8 Å². The van der Waals surface area contributed by atoms with E-state index in [4.69, 9.17) is 15.0 Å². The first-order valence-corrected chi connectivity index (χ1v) is 9.27. The second-order valence-corrected chi connectivity index (χ2v) is 7.72. The Kier molecular flexibility index (Phi) is 3.61. The smallest absolute Gasteiger partial charge is 0.273 e. The number of hydrogen-bond donors (Lipinski definition) is 2. The number of aromatic nitrogens is 3. The average molecular weight is 370 g/mol. The third-order valence-corrected chi connectivity index (χ3v) is 6.09. The molecule has 4 atom stereocenters. The van der Waals surface area contributed by atoms with Crippen molar-refractivity contribution in [1.29, 1.82) is 0 Å². The van der Waals surface area contributed by atoms with E-state index in [0.717, 1.165) is 25.9 Å². The summed E-state index contributed by atoms with van der Waals surface area (Å²) in [5.74, 6) is 2.12. The van der Waals surface area contributed by atoms with Gasteiger partial charge in [-0.05, 0) is 25.8 Å². The van der Waals surface area contributed by atoms with Crippen molar-refractivity contribution in [3.05, 3.63) is 29.8 Å². The molecule has 3 N–H and O–H groups in total. The molecule has 3 aliphatic rings. The highest BCUT2D eigenvalue weighted by Crippen LogP contribution is 2.54. The first kappa shape index (κ1) is 16.5. The van der Waals surface area contributed by atoms with Crippen molar-refractivity contribution in [3.63, 3.8) is 0 Å². The maximum Gasteiger partial charge on any atom is 0.273 e. The van der Waals surface area contributed by atoms with Crippen molar-refractivity contribution < 1.29 is 14.1 Å². The fraction of sp³-hybridized carbons (Fsp3) is 0.556. The van der Waals surface area contributed by atoms with Gasteiger partial charge in [0.2, 0.25) is 5.95 Å². The van der Waals surface area contributed by atoms with Crippen molar-refractivity contribution in [2.45, 2.75) is 31.5 Å². The molecule has 5 rings (SSSR count). The second-order valence-electron chi connectivity index (χ2n) is 7.72. The highest BCUT2D eigenvalue weighted by Gasteiger charge is 2.63. The quantitative estimate of drug-likeness (QED) is 0.810. The van der Waals surface area contributed by atoms with Gasteiger partial charge in [-0.25, -0.2) is 4.98 Å². The van der Waals surface area contributed by atoms with Gasteiger partial charge >= 0.3 is 0 Å². The predicted molar refractivity (Wildman–Crippen MR) is 96.0 cm³/mol. The van der Waals surface area contributed by atoms with Gasteiger partial charge in [0.25, 0.3) is 5.91 Å². The van der Waals surface area contributed by atoms with Gasteiger partial charge in [0, 0.05) is 37.2 Å². The molecule has 9 heteroatoms. The number of carbonyl (C=O) groups excluding carboxylic acids is 1. The van der Waals surface area contributed by atoms with Gasteiger partial charge in [0.15, 0.2) is 5.69 Å². The van der Waals surface area contributed by atoms with Crippen molar-refractivity contribution in [2.75, 3.05) is 30.3 Å². The molecule has 5 heterocycles. The minimum atomic E-state index is -0.210. The highest BCUT2D eigenvalue weighted by atomic mass is 16.5. The van der Waals surface area contributed by atoms with Crippen molar-refractivity contribution in [1.82, 2.24) is 20.4 Å². The lowest BCUT2D eigenvalue weighted by molar-refractivity contribution is 0.0141. The van der Waals surface area contributed by atoms with Crippen LogP contribution in [0.3, 0.4) is 0 Å². The van der Waals surface area contributed by atoms with Gasteiger partial charge in [-0.3, -0.25) is 4.79 Å². The summed E-state index contributed by atoms with van der Waals surface area (Å²) in [4.78, 5) is 23.2. The van der Waals surface area contributed by atoms with E-state index < -0.39 is 0 Å². The zero-order chi connectivity index (χ0) is 18.6. The maximum absolute atomic E-state index is 12.3. The highest BCUT2D eigenvalue weighted by molar-refractivity contribution is 5.92. The van der Waals surface area contributed by atoms with E-state index in [1.807, 2.05) is 0 Å². The van der Waals surface area contributed by atoms with E-state index in [0.29, 0.717) is 35.7 Å². The fourth-order valence-electron chi connectivity index (χ4n) is 4.90. The normalized spacial score (nSPS) is 31.3. The number of nitrogen functional groups attached to an aromatic ring is 1. The Labute approximate surface area is 156 Å². The molecule has 9 nitrogen and oxygen atoms in total. The molecule has 2 aromatic heterocycles. The summed E-state index contributed by atoms with van der Waals surface area (Å²) >= 11 is 0. The van der Waals surface area contributed by atoms with Crippen LogP contribution in [-0.2, 0) is 4.74 Å². The molecule has 0 aromatic carbocycles. The lowest BCUT2D eigenvalue weighted by Gasteiger charge is -2.29. The molecule has 2 unspecified atom stereocenters. The summed E-state index contributed by atoms with van der Waals surface area (Å²) in [5.41, 5.74) is 5.96. The number of aryl methyl sites for hydroxylation is 1. The number of fused-ring (bicyclic) bond motifs is 1. The predicted octanol–water partition coefficient (Wildman–Crippen LogP) is 0.769. The molecule has 1 spiro atoms. The van der Waals surface area contributed by atoms with Crippen LogP contribution < -0.4 is 16.0 Å². The topological polar surface area (TPSA) is 119 Å². The summed E-state index contributed by atoms with van der Waals surface area (Å²) in [6.07, 6.45) is 3.93. The maximum atomic E-state index is 12.3. The van der Waals surface area contributed by atoms with Crippen LogP contribution in [0.1, 0.15) is 29.1 Å². The molecule has 0 aliphatic carbocycles. The van der Waals surface area contributed by atoms with Gasteiger partial charge in [-0.1, -0.05) is 5.16 Å². The summed E-state index contributed by atoms with van der Waals surface area (Å²) in [6.45, 7) is 3.91. The van der Waals surface area contributed by atoms with Crippen molar-refractivity contribution >= 4 is 17.7 Å². The molecule has 3 saturated heterocycles. The Bertz CT molecular complexity index is 885. The lowest BCUT2D eigenvalue weighted by Crippen LogP contribution is -2.42. The number of nitrogens with one attached hydrogen (secondary N) is 1. The van der Waals surface area contributed by atoms with E-state index in [1.54, 1.807) is 25.3 Å². The summed E-state index contributed by atoms with van der Waals surface area (Å²) in [5, 5.41) is 6.78. The van der Waals surface area contributed by atoms with Crippen molar-refractivity contribution in [2.24, 2.45) is 11.8 Å². The number of hydrogen-bond acceptors (Lipinski definition) is 8. The third kappa shape index (κ3) is 2.64. The SMILES string of the molecule is Cc1cc(C(=O)NCC2C3CC[C@]4(CN(c5nccc(N)n5)C[C@@H]24)O3)no1. The number of nitrogens with two attached hydrogens (primary N) is 1. The first-order chi connectivity index (χ1) is 13.0. The van der Waals surface area contributed by atoms with E-state index in [1.165, 1.54) is 0 Å². The zero-order valence-electron chi connectivity index (χ0n) is 15.1. The Balaban J connectivity index is 1.30. The molecular weight excluding hydrogens is 348 g/mol. The minimum Gasteiger partial charge on any atom is -0.384 e. The monoisotopic (exact) mass is 370 g/mol. The number of nitrogens with zero attached hydrogens (tertiary/aromatic N) is 4. The Morgan fingerprint density at radius 3 is 3.19 bits per heavy atom. The van der Waals surface area contributed by atoms with Gasteiger partial charge in [-0.2, -0.15) is 4.98 Å². The van der Waals surface area contributed by atoms with Gasteiger partial charge in [-0.15, -0.1) is 0 Å². The van der Waals surface area contributed by atoms with E-state index >= 15 is 0 Å².